The number of Topliss-reactive ketones (excluding diaryl/α,β-unsaturated/α-hetero) is 1. The molecule has 0 aliphatic heterocycles. The molecule has 4 nitrogen and oxygen atoms in total. The van der Waals surface area contributed by atoms with E-state index in [4.69, 9.17) is 4.74 Å². The van der Waals surface area contributed by atoms with Crippen LogP contribution in [0.25, 0.3) is 6.08 Å². The van der Waals surface area contributed by atoms with Crippen LogP contribution in [0.15, 0.2) is 54.6 Å². The number of nitrogens with one attached hydrogen (secondary N) is 1. The predicted octanol–water partition coefficient (Wildman–Crippen LogP) is 4.36. The first-order valence-corrected chi connectivity index (χ1v) is 7.98. The molecule has 0 fully saturated rings. The molecule has 0 saturated carbocycles. The molecular weight excluding hydrogens is 321 g/mol. The highest BCUT2D eigenvalue weighted by molar-refractivity contribution is 5.97. The van der Waals surface area contributed by atoms with E-state index in [1.165, 1.54) is 19.1 Å². The summed E-state index contributed by atoms with van der Waals surface area (Å²) in [7, 11) is 0. The van der Waals surface area contributed by atoms with Gasteiger partial charge in [-0.25, -0.2) is 9.18 Å². The molecular formula is C20H20FNO3. The molecule has 0 atom stereocenters. The molecule has 0 radical (unpaired) electrons. The van der Waals surface area contributed by atoms with E-state index in [-0.39, 0.29) is 12.4 Å². The fourth-order valence-corrected chi connectivity index (χ4v) is 2.22. The van der Waals surface area contributed by atoms with E-state index < -0.39 is 11.9 Å². The summed E-state index contributed by atoms with van der Waals surface area (Å²) < 4.78 is 18.3. The first-order chi connectivity index (χ1) is 12.1. The SMILES string of the molecule is CC(=O)c1cc(F)ccc1C=CCCNC(=O)OCc1ccccc1. The molecule has 25 heavy (non-hydrogen) atoms. The minimum Gasteiger partial charge on any atom is -0.445 e. The minimum atomic E-state index is -0.483. The van der Waals surface area contributed by atoms with E-state index in [2.05, 4.69) is 5.32 Å². The van der Waals surface area contributed by atoms with Crippen LogP contribution in [0.3, 0.4) is 0 Å². The largest absolute Gasteiger partial charge is 0.445 e. The number of alkyl carbamates (subject to hydrolysis) is 1. The smallest absolute Gasteiger partial charge is 0.407 e. The quantitative estimate of drug-likeness (QED) is 0.601. The fourth-order valence-electron chi connectivity index (χ4n) is 2.22. The first-order valence-electron chi connectivity index (χ1n) is 7.98. The molecule has 2 aromatic carbocycles. The van der Waals surface area contributed by atoms with Gasteiger partial charge in [-0.2, -0.15) is 0 Å². The zero-order valence-electron chi connectivity index (χ0n) is 14.0. The number of halogens is 1. The van der Waals surface area contributed by atoms with Crippen molar-refractivity contribution >= 4 is 18.0 Å². The zero-order chi connectivity index (χ0) is 18.1. The average molecular weight is 341 g/mol. The van der Waals surface area contributed by atoms with Crippen LogP contribution in [0.5, 0.6) is 0 Å². The van der Waals surface area contributed by atoms with Crippen LogP contribution < -0.4 is 5.32 Å². The lowest BCUT2D eigenvalue weighted by Gasteiger charge is -2.06. The Hall–Kier alpha value is -2.95. The van der Waals surface area contributed by atoms with Gasteiger partial charge in [0.1, 0.15) is 12.4 Å². The highest BCUT2D eigenvalue weighted by Crippen LogP contribution is 2.14. The van der Waals surface area contributed by atoms with Crippen LogP contribution in [0.1, 0.15) is 34.8 Å². The maximum Gasteiger partial charge on any atom is 0.407 e. The van der Waals surface area contributed by atoms with Crippen molar-refractivity contribution < 1.29 is 18.7 Å². The van der Waals surface area contributed by atoms with Crippen molar-refractivity contribution in [2.24, 2.45) is 0 Å². The maximum absolute atomic E-state index is 13.2. The molecule has 0 aromatic heterocycles. The van der Waals surface area contributed by atoms with Gasteiger partial charge >= 0.3 is 6.09 Å². The summed E-state index contributed by atoms with van der Waals surface area (Å²) in [6.07, 6.45) is 3.64. The third-order valence-electron chi connectivity index (χ3n) is 3.49. The van der Waals surface area contributed by atoms with Crippen LogP contribution >= 0.6 is 0 Å². The number of hydrogen-bond donors (Lipinski definition) is 1. The Morgan fingerprint density at radius 3 is 2.64 bits per heavy atom. The summed E-state index contributed by atoms with van der Waals surface area (Å²) in [5.74, 6) is -0.632. The Kier molecular flexibility index (Phi) is 6.89. The van der Waals surface area contributed by atoms with Gasteiger partial charge in [-0.1, -0.05) is 48.6 Å². The molecule has 1 amide bonds. The highest BCUT2D eigenvalue weighted by Gasteiger charge is 2.06. The topological polar surface area (TPSA) is 55.4 Å². The molecule has 130 valence electrons. The Balaban J connectivity index is 1.74. The number of amides is 1. The van der Waals surface area contributed by atoms with Gasteiger partial charge in [0, 0.05) is 12.1 Å². The van der Waals surface area contributed by atoms with Crippen LogP contribution in [-0.4, -0.2) is 18.4 Å². The van der Waals surface area contributed by atoms with Gasteiger partial charge in [-0.15, -0.1) is 0 Å². The van der Waals surface area contributed by atoms with Crippen molar-refractivity contribution in [1.29, 1.82) is 0 Å². The second kappa shape index (κ2) is 9.37. The van der Waals surface area contributed by atoms with E-state index in [1.54, 1.807) is 12.1 Å². The first kappa shape index (κ1) is 18.4. The van der Waals surface area contributed by atoms with Crippen molar-refractivity contribution in [2.75, 3.05) is 6.54 Å². The van der Waals surface area contributed by atoms with E-state index >= 15 is 0 Å². The average Bonchev–Trinajstić information content (AvgIpc) is 2.61. The van der Waals surface area contributed by atoms with Crippen LogP contribution in [0.4, 0.5) is 9.18 Å². The van der Waals surface area contributed by atoms with Gasteiger partial charge in [0.15, 0.2) is 5.78 Å². The summed E-state index contributed by atoms with van der Waals surface area (Å²) >= 11 is 0. The van der Waals surface area contributed by atoms with Gasteiger partial charge in [0.2, 0.25) is 0 Å². The van der Waals surface area contributed by atoms with Crippen molar-refractivity contribution in [3.8, 4) is 0 Å². The maximum atomic E-state index is 13.2. The standard InChI is InChI=1S/C20H20FNO3/c1-15(23)19-13-18(21)11-10-17(19)9-5-6-12-22-20(24)25-14-16-7-3-2-4-8-16/h2-5,7-11,13H,6,12,14H2,1H3,(H,22,24). The van der Waals surface area contributed by atoms with Gasteiger partial charge < -0.3 is 10.1 Å². The Bertz CT molecular complexity index is 757. The third-order valence-corrected chi connectivity index (χ3v) is 3.49. The van der Waals surface area contributed by atoms with Gasteiger partial charge in [0.25, 0.3) is 0 Å². The predicted molar refractivity (Wildman–Crippen MR) is 94.7 cm³/mol. The molecule has 0 spiro atoms. The molecule has 0 aliphatic carbocycles. The second-order valence-electron chi connectivity index (χ2n) is 5.47. The normalized spacial score (nSPS) is 10.6. The summed E-state index contributed by atoms with van der Waals surface area (Å²) in [6, 6.07) is 13.5. The summed E-state index contributed by atoms with van der Waals surface area (Å²) in [5, 5.41) is 2.65. The number of ether oxygens (including phenoxy) is 1. The lowest BCUT2D eigenvalue weighted by Crippen LogP contribution is -2.24. The third kappa shape index (κ3) is 6.22. The van der Waals surface area contributed by atoms with E-state index in [0.717, 1.165) is 5.56 Å². The molecule has 0 bridgehead atoms. The number of rotatable bonds is 7. The molecule has 2 aromatic rings. The number of carbonyl (C=O) groups excluding carboxylic acids is 2. The van der Waals surface area contributed by atoms with E-state index in [0.29, 0.717) is 24.1 Å². The van der Waals surface area contributed by atoms with Crippen molar-refractivity contribution in [2.45, 2.75) is 20.0 Å². The molecule has 0 unspecified atom stereocenters. The lowest BCUT2D eigenvalue weighted by molar-refractivity contribution is 0.101. The number of hydrogen-bond acceptors (Lipinski definition) is 3. The van der Waals surface area contributed by atoms with Gasteiger partial charge in [0.05, 0.1) is 0 Å². The van der Waals surface area contributed by atoms with E-state index in [9.17, 15) is 14.0 Å². The Morgan fingerprint density at radius 2 is 1.92 bits per heavy atom. The van der Waals surface area contributed by atoms with Crippen LogP contribution in [0, 0.1) is 5.82 Å². The van der Waals surface area contributed by atoms with Crippen molar-refractivity contribution in [3.63, 3.8) is 0 Å². The minimum absolute atomic E-state index is 0.193. The van der Waals surface area contributed by atoms with Gasteiger partial charge in [-0.3, -0.25) is 4.79 Å². The van der Waals surface area contributed by atoms with Crippen LogP contribution in [0.2, 0.25) is 0 Å². The Morgan fingerprint density at radius 1 is 1.16 bits per heavy atom. The van der Waals surface area contributed by atoms with E-state index in [1.807, 2.05) is 36.4 Å². The summed E-state index contributed by atoms with van der Waals surface area (Å²) in [5.41, 5.74) is 1.91. The van der Waals surface area contributed by atoms with Crippen LogP contribution in [-0.2, 0) is 11.3 Å². The van der Waals surface area contributed by atoms with Crippen molar-refractivity contribution in [3.05, 3.63) is 77.1 Å². The van der Waals surface area contributed by atoms with Crippen molar-refractivity contribution in [1.82, 2.24) is 5.32 Å². The molecule has 5 heteroatoms. The molecule has 0 heterocycles. The summed E-state index contributed by atoms with van der Waals surface area (Å²) in [6.45, 7) is 2.02. The monoisotopic (exact) mass is 341 g/mol. The molecule has 0 aliphatic rings. The van der Waals surface area contributed by atoms with Gasteiger partial charge in [-0.05, 0) is 36.6 Å². The molecule has 1 N–H and O–H groups in total. The summed E-state index contributed by atoms with van der Waals surface area (Å²) in [4.78, 5) is 23.1. The number of carbonyl (C=O) groups is 2. The number of ketones is 1. The highest BCUT2D eigenvalue weighted by atomic mass is 19.1. The zero-order valence-corrected chi connectivity index (χ0v) is 14.0. The Labute approximate surface area is 146 Å². The second-order valence-corrected chi connectivity index (χ2v) is 5.47. The fraction of sp³-hybridized carbons (Fsp3) is 0.200. The molecule has 0 saturated heterocycles. The number of benzene rings is 2. The lowest BCUT2D eigenvalue weighted by atomic mass is 10.0. The molecule has 2 rings (SSSR count).